The molecule has 0 unspecified atom stereocenters. The Hall–Kier alpha value is -4.34. The lowest BCUT2D eigenvalue weighted by atomic mass is 10.0. The van der Waals surface area contributed by atoms with E-state index < -0.39 is 27.9 Å². The highest BCUT2D eigenvalue weighted by Gasteiger charge is 2.37. The summed E-state index contributed by atoms with van der Waals surface area (Å²) in [6.45, 7) is 0.141. The van der Waals surface area contributed by atoms with Crippen LogP contribution in [-0.2, 0) is 14.8 Å². The quantitative estimate of drug-likeness (QED) is 0.138. The summed E-state index contributed by atoms with van der Waals surface area (Å²) in [5.41, 5.74) is 5.51. The lowest BCUT2D eigenvalue weighted by molar-refractivity contribution is -0.142. The summed E-state index contributed by atoms with van der Waals surface area (Å²) in [5, 5.41) is 10.2. The summed E-state index contributed by atoms with van der Waals surface area (Å²) in [5.74, 6) is 9.70. The molecule has 2 aromatic heterocycles. The zero-order chi connectivity index (χ0) is 29.1. The van der Waals surface area contributed by atoms with Crippen LogP contribution in [0, 0.1) is 11.8 Å². The van der Waals surface area contributed by atoms with Gasteiger partial charge in [0.25, 0.3) is 5.91 Å². The number of nitrogens with two attached hydrogens (primary N) is 1. The summed E-state index contributed by atoms with van der Waals surface area (Å²) in [4.78, 5) is 32.6. The predicted octanol–water partition coefficient (Wildman–Crippen LogP) is 3.58. The highest BCUT2D eigenvalue weighted by molar-refractivity contribution is 7.89. The number of aromatic nitrogens is 2. The molecule has 0 saturated carbocycles. The number of carbonyl (C=O) groups is 2. The smallest absolute Gasteiger partial charge is 0.322 e. The van der Waals surface area contributed by atoms with E-state index in [4.69, 9.17) is 17.4 Å². The number of aliphatic carboxylic acids is 1. The minimum Gasteiger partial charge on any atom is -0.480 e. The Kier molecular flexibility index (Phi) is 8.01. The maximum absolute atomic E-state index is 13.2. The van der Waals surface area contributed by atoms with Gasteiger partial charge in [0.05, 0.1) is 26.7 Å². The van der Waals surface area contributed by atoms with Gasteiger partial charge in [-0.3, -0.25) is 20.0 Å². The molecule has 12 heteroatoms. The second-order valence-corrected chi connectivity index (χ2v) is 11.7. The molecule has 1 atom stereocenters. The number of sulfonamides is 1. The minimum absolute atomic E-state index is 0.0769. The van der Waals surface area contributed by atoms with Gasteiger partial charge in [-0.15, -0.1) is 0 Å². The molecule has 0 radical (unpaired) electrons. The van der Waals surface area contributed by atoms with E-state index >= 15 is 0 Å². The van der Waals surface area contributed by atoms with Crippen molar-refractivity contribution in [2.24, 2.45) is 5.84 Å². The van der Waals surface area contributed by atoms with Crippen molar-refractivity contribution in [1.29, 1.82) is 0 Å². The first-order valence-electron chi connectivity index (χ1n) is 12.6. The Bertz CT molecular complexity index is 1830. The fourth-order valence-electron chi connectivity index (χ4n) is 4.68. The van der Waals surface area contributed by atoms with Crippen LogP contribution in [0.15, 0.2) is 71.9 Å². The number of nitrogens with zero attached hydrogens (tertiary/aromatic N) is 3. The van der Waals surface area contributed by atoms with Gasteiger partial charge in [-0.2, -0.15) is 4.31 Å². The van der Waals surface area contributed by atoms with Crippen LogP contribution in [0.25, 0.3) is 22.2 Å². The molecule has 3 heterocycles. The lowest BCUT2D eigenvalue weighted by Crippen LogP contribution is -2.47. The number of rotatable bonds is 5. The number of hydrogen-bond donors (Lipinski definition) is 3. The molecule has 4 N–H and O–H groups in total. The number of carbonyl (C=O) groups excluding carboxylic acids is 1. The molecular formula is C29H24ClN5O5S. The molecule has 0 spiro atoms. The average molecular weight is 590 g/mol. The number of hydrogen-bond acceptors (Lipinski definition) is 7. The van der Waals surface area contributed by atoms with Gasteiger partial charge >= 0.3 is 5.97 Å². The number of hydrazine groups is 1. The monoisotopic (exact) mass is 589 g/mol. The van der Waals surface area contributed by atoms with Crippen LogP contribution < -0.4 is 11.3 Å². The van der Waals surface area contributed by atoms with Gasteiger partial charge in [-0.05, 0) is 61.7 Å². The summed E-state index contributed by atoms with van der Waals surface area (Å²) >= 11 is 6.39. The molecule has 1 saturated heterocycles. The molecule has 0 aliphatic carbocycles. The largest absolute Gasteiger partial charge is 0.480 e. The number of carboxylic acid groups (broad SMARTS) is 1. The number of halogens is 1. The molecule has 0 bridgehead atoms. The fourth-order valence-corrected chi connectivity index (χ4v) is 6.65. The van der Waals surface area contributed by atoms with Crippen LogP contribution in [0.4, 0.5) is 0 Å². The van der Waals surface area contributed by atoms with Crippen LogP contribution >= 0.6 is 11.6 Å². The SMILES string of the molecule is NNC(=O)c1cc(-c2ccc(C#Cc3ccc(S(=O)(=O)N4CCCC[C@H]4C(=O)O)cc3Cl)cc2)nc2ccncc12. The Labute approximate surface area is 241 Å². The molecule has 2 aromatic carbocycles. The van der Waals surface area contributed by atoms with Crippen molar-refractivity contribution < 1.29 is 23.1 Å². The van der Waals surface area contributed by atoms with Gasteiger partial charge in [0.1, 0.15) is 6.04 Å². The highest BCUT2D eigenvalue weighted by atomic mass is 35.5. The summed E-state index contributed by atoms with van der Waals surface area (Å²) in [7, 11) is -4.04. The fraction of sp³-hybridized carbons (Fsp3) is 0.172. The lowest BCUT2D eigenvalue weighted by Gasteiger charge is -2.31. The predicted molar refractivity (Wildman–Crippen MR) is 153 cm³/mol. The molecule has 1 aliphatic heterocycles. The maximum atomic E-state index is 13.2. The average Bonchev–Trinajstić information content (AvgIpc) is 2.99. The molecule has 1 fully saturated rings. The van der Waals surface area contributed by atoms with E-state index in [1.807, 2.05) is 12.1 Å². The van der Waals surface area contributed by atoms with Gasteiger partial charge < -0.3 is 5.11 Å². The summed E-state index contributed by atoms with van der Waals surface area (Å²) in [6.07, 6.45) is 4.67. The van der Waals surface area contributed by atoms with Crippen LogP contribution in [0.5, 0.6) is 0 Å². The molecule has 5 rings (SSSR count). The third-order valence-electron chi connectivity index (χ3n) is 6.79. The van der Waals surface area contributed by atoms with Crippen LogP contribution in [-0.4, -0.2) is 52.3 Å². The van der Waals surface area contributed by atoms with Crippen molar-refractivity contribution in [1.82, 2.24) is 19.7 Å². The molecule has 208 valence electrons. The Morgan fingerprint density at radius 1 is 1.07 bits per heavy atom. The van der Waals surface area contributed by atoms with Crippen molar-refractivity contribution in [3.05, 3.63) is 88.7 Å². The first-order chi connectivity index (χ1) is 19.7. The van der Waals surface area contributed by atoms with Gasteiger partial charge in [0, 0.05) is 41.0 Å². The molecule has 10 nitrogen and oxygen atoms in total. The highest BCUT2D eigenvalue weighted by Crippen LogP contribution is 2.29. The molecular weight excluding hydrogens is 566 g/mol. The van der Waals surface area contributed by atoms with E-state index in [9.17, 15) is 23.1 Å². The number of nitrogens with one attached hydrogen (secondary N) is 1. The van der Waals surface area contributed by atoms with Crippen molar-refractivity contribution in [2.75, 3.05) is 6.54 Å². The van der Waals surface area contributed by atoms with Gasteiger partial charge in [0.15, 0.2) is 0 Å². The molecule has 1 aliphatic rings. The van der Waals surface area contributed by atoms with Gasteiger partial charge in [-0.1, -0.05) is 35.6 Å². The third kappa shape index (κ3) is 5.77. The van der Waals surface area contributed by atoms with E-state index in [2.05, 4.69) is 27.2 Å². The van der Waals surface area contributed by atoms with Crippen molar-refractivity contribution >= 4 is 44.4 Å². The number of amides is 1. The van der Waals surface area contributed by atoms with E-state index in [1.165, 1.54) is 18.2 Å². The molecule has 4 aromatic rings. The molecule has 1 amide bonds. The van der Waals surface area contributed by atoms with Crippen LogP contribution in [0.2, 0.25) is 5.02 Å². The maximum Gasteiger partial charge on any atom is 0.322 e. The first-order valence-corrected chi connectivity index (χ1v) is 14.4. The number of benzene rings is 2. The van der Waals surface area contributed by atoms with Crippen molar-refractivity contribution in [2.45, 2.75) is 30.2 Å². The topological polar surface area (TPSA) is 156 Å². The number of nitrogen functional groups attached to an aromatic ring is 1. The molecule has 41 heavy (non-hydrogen) atoms. The number of piperidine rings is 1. The Morgan fingerprint density at radius 2 is 1.85 bits per heavy atom. The Morgan fingerprint density at radius 3 is 2.56 bits per heavy atom. The minimum atomic E-state index is -4.04. The number of carboxylic acids is 1. The van der Waals surface area contributed by atoms with E-state index in [0.29, 0.717) is 46.1 Å². The van der Waals surface area contributed by atoms with Gasteiger partial charge in [0.2, 0.25) is 10.0 Å². The van der Waals surface area contributed by atoms with E-state index in [1.54, 1.807) is 36.7 Å². The van der Waals surface area contributed by atoms with Crippen molar-refractivity contribution in [3.8, 4) is 23.1 Å². The van der Waals surface area contributed by atoms with Crippen LogP contribution in [0.3, 0.4) is 0 Å². The van der Waals surface area contributed by atoms with E-state index in [0.717, 1.165) is 9.87 Å². The Balaban J connectivity index is 1.39. The van der Waals surface area contributed by atoms with Gasteiger partial charge in [-0.25, -0.2) is 19.2 Å². The second-order valence-electron chi connectivity index (χ2n) is 9.36. The van der Waals surface area contributed by atoms with Crippen LogP contribution in [0.1, 0.15) is 40.7 Å². The normalized spacial score (nSPS) is 15.6. The summed E-state index contributed by atoms with van der Waals surface area (Å²) < 4.78 is 27.4. The van der Waals surface area contributed by atoms with E-state index in [-0.39, 0.29) is 22.9 Å². The standard InChI is InChI=1S/C29H24ClN5O5S/c30-24-15-21(41(39,40)35-14-2-1-3-27(35)29(37)38)11-10-19(24)7-4-18-5-8-20(9-6-18)26-16-22(28(36)34-31)23-17-32-13-12-25(23)33-26/h5-6,8-13,15-17,27H,1-3,14,31H2,(H,34,36)(H,37,38)/t27-/m0/s1. The third-order valence-corrected chi connectivity index (χ3v) is 9.01. The zero-order valence-electron chi connectivity index (χ0n) is 21.5. The zero-order valence-corrected chi connectivity index (χ0v) is 23.1. The first kappa shape index (κ1) is 28.2. The summed E-state index contributed by atoms with van der Waals surface area (Å²) in [6, 6.07) is 13.7. The number of pyridine rings is 2. The second kappa shape index (κ2) is 11.6. The van der Waals surface area contributed by atoms with Crippen molar-refractivity contribution in [3.63, 3.8) is 0 Å². The number of fused-ring (bicyclic) bond motifs is 1.